The average Bonchev–Trinajstić information content (AvgIpc) is 3.08. The van der Waals surface area contributed by atoms with Crippen molar-refractivity contribution in [2.75, 3.05) is 6.79 Å². The number of aryl methyl sites for hydroxylation is 2. The molecule has 0 saturated carbocycles. The van der Waals surface area contributed by atoms with E-state index in [1.807, 2.05) is 48.9 Å². The summed E-state index contributed by atoms with van der Waals surface area (Å²) in [5.41, 5.74) is 4.87. The van der Waals surface area contributed by atoms with E-state index < -0.39 is 11.8 Å². The number of carbonyl (C=O) groups is 1. The number of halogens is 1. The molecule has 0 spiro atoms. The predicted molar refractivity (Wildman–Crippen MR) is 109 cm³/mol. The number of fused-ring (bicyclic) bond motifs is 1. The van der Waals surface area contributed by atoms with Crippen LogP contribution in [0, 0.1) is 19.7 Å². The van der Waals surface area contributed by atoms with Crippen LogP contribution in [0.3, 0.4) is 0 Å². The molecule has 0 fully saturated rings. The Morgan fingerprint density at radius 2 is 2.03 bits per heavy atom. The number of hydrogen-bond acceptors (Lipinski definition) is 5. The van der Waals surface area contributed by atoms with Crippen LogP contribution in [-0.2, 0) is 27.5 Å². The molecule has 154 valence electrons. The van der Waals surface area contributed by atoms with Crippen molar-refractivity contribution >= 4 is 12.0 Å². The van der Waals surface area contributed by atoms with Crippen LogP contribution >= 0.6 is 0 Å². The zero-order chi connectivity index (χ0) is 21.1. The Bertz CT molecular complexity index is 1100. The van der Waals surface area contributed by atoms with Gasteiger partial charge in [0.1, 0.15) is 18.2 Å². The van der Waals surface area contributed by atoms with E-state index in [2.05, 4.69) is 5.10 Å². The van der Waals surface area contributed by atoms with Gasteiger partial charge in [-0.15, -0.1) is 0 Å². The minimum Gasteiger partial charge on any atom is -0.467 e. The summed E-state index contributed by atoms with van der Waals surface area (Å²) < 4.78 is 31.5. The van der Waals surface area contributed by atoms with Crippen LogP contribution in [-0.4, -0.2) is 22.5 Å². The van der Waals surface area contributed by atoms with E-state index in [-0.39, 0.29) is 20.0 Å². The number of esters is 1. The summed E-state index contributed by atoms with van der Waals surface area (Å²) in [6.07, 6.45) is 2.75. The zero-order valence-corrected chi connectivity index (χ0v) is 16.7. The Kier molecular flexibility index (Phi) is 5.63. The highest BCUT2D eigenvalue weighted by Crippen LogP contribution is 2.30. The van der Waals surface area contributed by atoms with E-state index in [9.17, 15) is 9.18 Å². The summed E-state index contributed by atoms with van der Waals surface area (Å²) in [5, 5.41) is 4.45. The van der Waals surface area contributed by atoms with Gasteiger partial charge in [0.05, 0.1) is 18.0 Å². The first-order chi connectivity index (χ1) is 14.5. The van der Waals surface area contributed by atoms with Gasteiger partial charge in [-0.3, -0.25) is 0 Å². The molecule has 0 bridgehead atoms. The Morgan fingerprint density at radius 3 is 2.77 bits per heavy atom. The predicted octanol–water partition coefficient (Wildman–Crippen LogP) is 4.25. The van der Waals surface area contributed by atoms with Gasteiger partial charge in [0.25, 0.3) is 0 Å². The van der Waals surface area contributed by atoms with Crippen molar-refractivity contribution in [2.45, 2.75) is 27.1 Å². The lowest BCUT2D eigenvalue weighted by Crippen LogP contribution is -2.12. The number of carbonyl (C=O) groups excluding carboxylic acids is 1. The molecule has 0 radical (unpaired) electrons. The maximum atomic E-state index is 13.8. The molecule has 3 aromatic rings. The number of hydrogen-bond donors (Lipinski definition) is 0. The summed E-state index contributed by atoms with van der Waals surface area (Å²) in [5.74, 6) is -0.423. The SMILES string of the molecule is Cc1cc(C)n(-c2ccc(COC(=O)C=Cc3cc(F)cc4c3OCOC4)cc2)n1. The number of benzene rings is 2. The second-order valence-corrected chi connectivity index (χ2v) is 7.04. The fourth-order valence-corrected chi connectivity index (χ4v) is 3.32. The number of ether oxygens (including phenoxy) is 3. The highest BCUT2D eigenvalue weighted by atomic mass is 19.1. The molecule has 0 aliphatic carbocycles. The largest absolute Gasteiger partial charge is 0.467 e. The Hall–Kier alpha value is -3.45. The van der Waals surface area contributed by atoms with Gasteiger partial charge in [0.15, 0.2) is 6.79 Å². The van der Waals surface area contributed by atoms with Crippen molar-refractivity contribution in [1.29, 1.82) is 0 Å². The van der Waals surface area contributed by atoms with Gasteiger partial charge < -0.3 is 14.2 Å². The number of rotatable bonds is 5. The van der Waals surface area contributed by atoms with Crippen molar-refractivity contribution in [1.82, 2.24) is 9.78 Å². The second kappa shape index (κ2) is 8.51. The van der Waals surface area contributed by atoms with Crippen LogP contribution in [0.4, 0.5) is 4.39 Å². The molecule has 6 nitrogen and oxygen atoms in total. The highest BCUT2D eigenvalue weighted by Gasteiger charge is 2.15. The number of aromatic nitrogens is 2. The van der Waals surface area contributed by atoms with Crippen molar-refractivity contribution in [3.8, 4) is 11.4 Å². The monoisotopic (exact) mass is 408 g/mol. The first-order valence-electron chi connectivity index (χ1n) is 9.50. The van der Waals surface area contributed by atoms with Crippen LogP contribution < -0.4 is 4.74 Å². The van der Waals surface area contributed by atoms with Gasteiger partial charge in [0, 0.05) is 22.9 Å². The summed E-state index contributed by atoms with van der Waals surface area (Å²) in [6.45, 7) is 4.44. The lowest BCUT2D eigenvalue weighted by Gasteiger charge is -2.19. The zero-order valence-electron chi connectivity index (χ0n) is 16.7. The van der Waals surface area contributed by atoms with E-state index in [4.69, 9.17) is 14.2 Å². The Balaban J connectivity index is 1.38. The van der Waals surface area contributed by atoms with Gasteiger partial charge in [-0.1, -0.05) is 12.1 Å². The van der Waals surface area contributed by atoms with Crippen molar-refractivity contribution < 1.29 is 23.4 Å². The molecule has 2 heterocycles. The fraction of sp³-hybridized carbons (Fsp3) is 0.217. The molecule has 0 saturated heterocycles. The third-order valence-electron chi connectivity index (χ3n) is 4.67. The molecule has 0 unspecified atom stereocenters. The summed E-state index contributed by atoms with van der Waals surface area (Å²) >= 11 is 0. The number of nitrogens with zero attached hydrogens (tertiary/aromatic N) is 2. The van der Waals surface area contributed by atoms with Gasteiger partial charge in [-0.25, -0.2) is 13.9 Å². The van der Waals surface area contributed by atoms with Crippen molar-refractivity contribution in [3.05, 3.63) is 82.4 Å². The molecule has 7 heteroatoms. The molecule has 30 heavy (non-hydrogen) atoms. The molecule has 2 aromatic carbocycles. The molecule has 1 aliphatic rings. The normalized spacial score (nSPS) is 13.2. The van der Waals surface area contributed by atoms with Crippen LogP contribution in [0.15, 0.2) is 48.5 Å². The second-order valence-electron chi connectivity index (χ2n) is 7.04. The third-order valence-corrected chi connectivity index (χ3v) is 4.67. The first-order valence-corrected chi connectivity index (χ1v) is 9.50. The molecule has 4 rings (SSSR count). The van der Waals surface area contributed by atoms with Crippen LogP contribution in [0.2, 0.25) is 0 Å². The molecular weight excluding hydrogens is 387 g/mol. The standard InChI is InChI=1S/C23H21FN2O4/c1-15-9-16(2)26(25-15)21-6-3-17(4-7-21)12-29-22(27)8-5-18-10-20(24)11-19-13-28-14-30-23(18)19/h3-11H,12-14H2,1-2H3. The van der Waals surface area contributed by atoms with E-state index >= 15 is 0 Å². The Labute approximate surface area is 173 Å². The van der Waals surface area contributed by atoms with Gasteiger partial charge in [-0.05, 0) is 55.8 Å². The maximum Gasteiger partial charge on any atom is 0.331 e. The van der Waals surface area contributed by atoms with Crippen molar-refractivity contribution in [2.24, 2.45) is 0 Å². The smallest absolute Gasteiger partial charge is 0.331 e. The van der Waals surface area contributed by atoms with E-state index in [1.165, 1.54) is 24.3 Å². The van der Waals surface area contributed by atoms with Gasteiger partial charge in [0.2, 0.25) is 0 Å². The third kappa shape index (κ3) is 4.41. The summed E-state index contributed by atoms with van der Waals surface area (Å²) in [4.78, 5) is 12.1. The van der Waals surface area contributed by atoms with Crippen LogP contribution in [0.1, 0.15) is 28.1 Å². The lowest BCUT2D eigenvalue weighted by atomic mass is 10.1. The van der Waals surface area contributed by atoms with Gasteiger partial charge >= 0.3 is 5.97 Å². The molecule has 1 aromatic heterocycles. The molecule has 1 aliphatic heterocycles. The average molecular weight is 408 g/mol. The van der Waals surface area contributed by atoms with Crippen LogP contribution in [0.25, 0.3) is 11.8 Å². The summed E-state index contributed by atoms with van der Waals surface area (Å²) in [7, 11) is 0. The summed E-state index contributed by atoms with van der Waals surface area (Å²) in [6, 6.07) is 12.3. The van der Waals surface area contributed by atoms with Crippen molar-refractivity contribution in [3.63, 3.8) is 0 Å². The first kappa shape index (κ1) is 19.8. The van der Waals surface area contributed by atoms with E-state index in [0.29, 0.717) is 16.9 Å². The lowest BCUT2D eigenvalue weighted by molar-refractivity contribution is -0.138. The van der Waals surface area contributed by atoms with Gasteiger partial charge in [-0.2, -0.15) is 5.10 Å². The minimum atomic E-state index is -0.525. The molecular formula is C23H21FN2O4. The topological polar surface area (TPSA) is 62.6 Å². The molecule has 0 amide bonds. The van der Waals surface area contributed by atoms with Crippen LogP contribution in [0.5, 0.6) is 5.75 Å². The molecule has 0 N–H and O–H groups in total. The van der Waals surface area contributed by atoms with E-state index in [0.717, 1.165) is 22.6 Å². The maximum absolute atomic E-state index is 13.8. The minimum absolute atomic E-state index is 0.0948. The van der Waals surface area contributed by atoms with E-state index in [1.54, 1.807) is 0 Å². The highest BCUT2D eigenvalue weighted by molar-refractivity contribution is 5.87. The Morgan fingerprint density at radius 1 is 1.23 bits per heavy atom. The molecule has 0 atom stereocenters. The quantitative estimate of drug-likeness (QED) is 0.467. The fourth-order valence-electron chi connectivity index (χ4n) is 3.32.